The van der Waals surface area contributed by atoms with Crippen LogP contribution in [-0.4, -0.2) is 19.4 Å². The second-order valence-corrected chi connectivity index (χ2v) is 1.48. The molecule has 2 nitrogen and oxygen atoms in total. The van der Waals surface area contributed by atoms with Crippen LogP contribution < -0.4 is 5.32 Å². The van der Waals surface area contributed by atoms with Crippen LogP contribution in [0.1, 0.15) is 13.8 Å². The summed E-state index contributed by atoms with van der Waals surface area (Å²) < 4.78 is 0. The van der Waals surface area contributed by atoms with Crippen LogP contribution in [0.5, 0.6) is 0 Å². The summed E-state index contributed by atoms with van der Waals surface area (Å²) >= 11 is 0. The van der Waals surface area contributed by atoms with Gasteiger partial charge in [-0.25, -0.2) is 0 Å². The molecular formula is C9H18N2. The summed E-state index contributed by atoms with van der Waals surface area (Å²) in [6.07, 6.45) is 5.18. The van der Waals surface area contributed by atoms with Crippen molar-refractivity contribution in [2.45, 2.75) is 13.8 Å². The van der Waals surface area contributed by atoms with Gasteiger partial charge in [0.2, 0.25) is 0 Å². The van der Waals surface area contributed by atoms with Crippen LogP contribution >= 0.6 is 0 Å². The van der Waals surface area contributed by atoms with E-state index in [2.05, 4.69) is 23.5 Å². The number of aliphatic imine (C=N–C) groups is 1. The SMILES string of the molecule is C=CCN=CNCC=C.CC. The normalized spacial score (nSPS) is 8.18. The molecule has 0 rings (SSSR count). The molecular weight excluding hydrogens is 136 g/mol. The molecule has 64 valence electrons. The van der Waals surface area contributed by atoms with Crippen molar-refractivity contribution < 1.29 is 0 Å². The Morgan fingerprint density at radius 1 is 1.27 bits per heavy atom. The molecule has 0 saturated carbocycles. The van der Waals surface area contributed by atoms with Crippen molar-refractivity contribution in [3.05, 3.63) is 25.3 Å². The molecule has 2 heteroatoms. The van der Waals surface area contributed by atoms with Gasteiger partial charge in [0, 0.05) is 6.54 Å². The van der Waals surface area contributed by atoms with Crippen molar-refractivity contribution in [2.75, 3.05) is 13.1 Å². The zero-order chi connectivity index (χ0) is 8.95. The smallest absolute Gasteiger partial charge is 0.0830 e. The number of rotatable bonds is 5. The first-order chi connectivity index (χ1) is 5.41. The lowest BCUT2D eigenvalue weighted by molar-refractivity contribution is 1.05. The minimum Gasteiger partial charge on any atom is -0.373 e. The minimum atomic E-state index is 0.671. The highest BCUT2D eigenvalue weighted by molar-refractivity contribution is 5.54. The van der Waals surface area contributed by atoms with Crippen molar-refractivity contribution in [2.24, 2.45) is 4.99 Å². The number of hydrogen-bond donors (Lipinski definition) is 1. The zero-order valence-corrected chi connectivity index (χ0v) is 7.51. The van der Waals surface area contributed by atoms with Crippen LogP contribution in [0.3, 0.4) is 0 Å². The van der Waals surface area contributed by atoms with Crippen molar-refractivity contribution in [3.8, 4) is 0 Å². The molecule has 0 aromatic heterocycles. The van der Waals surface area contributed by atoms with E-state index in [1.54, 1.807) is 18.5 Å². The van der Waals surface area contributed by atoms with Gasteiger partial charge in [-0.15, -0.1) is 13.2 Å². The molecule has 0 fully saturated rings. The first kappa shape index (κ1) is 12.6. The van der Waals surface area contributed by atoms with Crippen LogP contribution in [0, 0.1) is 0 Å². The Kier molecular flexibility index (Phi) is 18.3. The lowest BCUT2D eigenvalue weighted by Gasteiger charge is -1.89. The summed E-state index contributed by atoms with van der Waals surface area (Å²) in [5.74, 6) is 0. The molecule has 0 unspecified atom stereocenters. The van der Waals surface area contributed by atoms with Crippen molar-refractivity contribution >= 4 is 6.34 Å². The summed E-state index contributed by atoms with van der Waals surface area (Å²) in [5, 5.41) is 2.91. The highest BCUT2D eigenvalue weighted by atomic mass is 14.9. The van der Waals surface area contributed by atoms with E-state index in [-0.39, 0.29) is 0 Å². The number of nitrogens with zero attached hydrogens (tertiary/aromatic N) is 1. The molecule has 0 aromatic rings. The van der Waals surface area contributed by atoms with E-state index in [9.17, 15) is 0 Å². The third-order valence-electron chi connectivity index (χ3n) is 0.679. The monoisotopic (exact) mass is 154 g/mol. The second-order valence-electron chi connectivity index (χ2n) is 1.48. The maximum atomic E-state index is 3.93. The van der Waals surface area contributed by atoms with Gasteiger partial charge in [0.1, 0.15) is 0 Å². The largest absolute Gasteiger partial charge is 0.373 e. The first-order valence-corrected chi connectivity index (χ1v) is 3.85. The van der Waals surface area contributed by atoms with Crippen LogP contribution in [0.4, 0.5) is 0 Å². The van der Waals surface area contributed by atoms with E-state index in [1.165, 1.54) is 0 Å². The fourth-order valence-electron chi connectivity index (χ4n) is 0.328. The Balaban J connectivity index is 0. The highest BCUT2D eigenvalue weighted by Gasteiger charge is 1.68. The van der Waals surface area contributed by atoms with Crippen molar-refractivity contribution in [3.63, 3.8) is 0 Å². The van der Waals surface area contributed by atoms with Gasteiger partial charge in [-0.1, -0.05) is 26.0 Å². The Bertz CT molecular complexity index is 106. The number of nitrogens with one attached hydrogen (secondary N) is 1. The first-order valence-electron chi connectivity index (χ1n) is 3.85. The zero-order valence-electron chi connectivity index (χ0n) is 7.51. The standard InChI is InChI=1S/C7H12N2.C2H6/c1-3-5-8-7-9-6-4-2;1-2/h3-4,7H,1-2,5-6H2,(H,8,9);1-2H3. The van der Waals surface area contributed by atoms with Gasteiger partial charge in [-0.2, -0.15) is 0 Å². The van der Waals surface area contributed by atoms with Gasteiger partial charge >= 0.3 is 0 Å². The maximum absolute atomic E-state index is 3.93. The predicted octanol–water partition coefficient (Wildman–Crippen LogP) is 2.00. The van der Waals surface area contributed by atoms with Crippen LogP contribution in [0.25, 0.3) is 0 Å². The van der Waals surface area contributed by atoms with Gasteiger partial charge in [-0.05, 0) is 0 Å². The Labute approximate surface area is 69.7 Å². The molecule has 1 N–H and O–H groups in total. The molecule has 11 heavy (non-hydrogen) atoms. The average Bonchev–Trinajstić information content (AvgIpc) is 2.08. The van der Waals surface area contributed by atoms with Crippen LogP contribution in [0.15, 0.2) is 30.3 Å². The Morgan fingerprint density at radius 3 is 2.36 bits per heavy atom. The van der Waals surface area contributed by atoms with Crippen molar-refractivity contribution in [1.29, 1.82) is 0 Å². The van der Waals surface area contributed by atoms with E-state index >= 15 is 0 Å². The van der Waals surface area contributed by atoms with E-state index in [0.29, 0.717) is 6.54 Å². The number of hydrogen-bond acceptors (Lipinski definition) is 1. The topological polar surface area (TPSA) is 24.4 Å². The van der Waals surface area contributed by atoms with Gasteiger partial charge in [0.25, 0.3) is 0 Å². The van der Waals surface area contributed by atoms with Gasteiger partial charge < -0.3 is 5.32 Å². The molecule has 0 amide bonds. The lowest BCUT2D eigenvalue weighted by Crippen LogP contribution is -2.09. The van der Waals surface area contributed by atoms with E-state index in [4.69, 9.17) is 0 Å². The van der Waals surface area contributed by atoms with E-state index < -0.39 is 0 Å². The summed E-state index contributed by atoms with van der Waals surface area (Å²) in [6.45, 7) is 12.5. The van der Waals surface area contributed by atoms with Gasteiger partial charge in [0.05, 0.1) is 12.9 Å². The molecule has 0 atom stereocenters. The van der Waals surface area contributed by atoms with Crippen LogP contribution in [0.2, 0.25) is 0 Å². The molecule has 0 aliphatic rings. The molecule has 0 saturated heterocycles. The van der Waals surface area contributed by atoms with E-state index in [0.717, 1.165) is 6.54 Å². The molecule has 0 aliphatic heterocycles. The molecule has 0 spiro atoms. The molecule has 0 heterocycles. The molecule has 0 aromatic carbocycles. The summed E-state index contributed by atoms with van der Waals surface area (Å²) in [4.78, 5) is 3.93. The maximum Gasteiger partial charge on any atom is 0.0830 e. The minimum absolute atomic E-state index is 0.671. The van der Waals surface area contributed by atoms with E-state index in [1.807, 2.05) is 13.8 Å². The highest BCUT2D eigenvalue weighted by Crippen LogP contribution is 1.65. The fourth-order valence-corrected chi connectivity index (χ4v) is 0.328. The quantitative estimate of drug-likeness (QED) is 0.278. The molecule has 0 radical (unpaired) electrons. The Morgan fingerprint density at radius 2 is 1.91 bits per heavy atom. The molecule has 0 aliphatic carbocycles. The van der Waals surface area contributed by atoms with Crippen molar-refractivity contribution in [1.82, 2.24) is 5.32 Å². The fraction of sp³-hybridized carbons (Fsp3) is 0.444. The lowest BCUT2D eigenvalue weighted by atomic mass is 10.6. The third kappa shape index (κ3) is 17.6. The Hall–Kier alpha value is -1.05. The third-order valence-corrected chi connectivity index (χ3v) is 0.679. The second kappa shape index (κ2) is 16.0. The van der Waals surface area contributed by atoms with Gasteiger partial charge in [0.15, 0.2) is 0 Å². The molecule has 0 bridgehead atoms. The summed E-state index contributed by atoms with van der Waals surface area (Å²) in [5.41, 5.74) is 0. The summed E-state index contributed by atoms with van der Waals surface area (Å²) in [7, 11) is 0. The summed E-state index contributed by atoms with van der Waals surface area (Å²) in [6, 6.07) is 0. The van der Waals surface area contributed by atoms with Crippen LogP contribution in [-0.2, 0) is 0 Å². The predicted molar refractivity (Wildman–Crippen MR) is 53.1 cm³/mol. The average molecular weight is 154 g/mol. The van der Waals surface area contributed by atoms with Gasteiger partial charge in [-0.3, -0.25) is 4.99 Å².